The lowest BCUT2D eigenvalue weighted by Crippen LogP contribution is -2.26. The van der Waals surface area contributed by atoms with Crippen molar-refractivity contribution in [3.63, 3.8) is 0 Å². The first-order chi connectivity index (χ1) is 14.6. The van der Waals surface area contributed by atoms with E-state index in [9.17, 15) is 4.79 Å². The minimum atomic E-state index is -0.531. The summed E-state index contributed by atoms with van der Waals surface area (Å²) in [6, 6.07) is 13.5. The average Bonchev–Trinajstić information content (AvgIpc) is 3.18. The standard InChI is InChI=1S/C22H25N5O3/c1-24-15-7-5-4-6-14(15)16-10-11-25-22-19(21(23)28)20(26-27(16)22)13-8-9-17(29-2)18(12-13)30-3/h4-9,12,16,24-25H,10-11H2,1-3H3,(H2,23,28). The molecule has 1 amide bonds. The van der Waals surface area contributed by atoms with Gasteiger partial charge in [-0.3, -0.25) is 4.79 Å². The lowest BCUT2D eigenvalue weighted by atomic mass is 10.00. The number of nitrogens with zero attached hydrogens (tertiary/aromatic N) is 2. The molecule has 156 valence electrons. The Kier molecular flexibility index (Phi) is 5.22. The van der Waals surface area contributed by atoms with Gasteiger partial charge in [-0.15, -0.1) is 0 Å². The van der Waals surface area contributed by atoms with Crippen LogP contribution in [0.3, 0.4) is 0 Å². The van der Waals surface area contributed by atoms with Crippen LogP contribution in [0, 0.1) is 0 Å². The molecule has 1 unspecified atom stereocenters. The zero-order valence-corrected chi connectivity index (χ0v) is 17.2. The highest BCUT2D eigenvalue weighted by Crippen LogP contribution is 2.40. The third-order valence-corrected chi connectivity index (χ3v) is 5.41. The first-order valence-corrected chi connectivity index (χ1v) is 9.74. The van der Waals surface area contributed by atoms with Crippen LogP contribution in [-0.4, -0.2) is 43.5 Å². The van der Waals surface area contributed by atoms with Crippen molar-refractivity contribution < 1.29 is 14.3 Å². The highest BCUT2D eigenvalue weighted by Gasteiger charge is 2.31. The highest BCUT2D eigenvalue weighted by molar-refractivity contribution is 6.04. The molecule has 0 bridgehead atoms. The Balaban J connectivity index is 1.89. The van der Waals surface area contributed by atoms with Gasteiger partial charge in [0.15, 0.2) is 11.5 Å². The van der Waals surface area contributed by atoms with Gasteiger partial charge in [-0.2, -0.15) is 5.10 Å². The van der Waals surface area contributed by atoms with Crippen molar-refractivity contribution in [2.45, 2.75) is 12.5 Å². The number of hydrogen-bond acceptors (Lipinski definition) is 6. The van der Waals surface area contributed by atoms with Crippen molar-refractivity contribution in [2.24, 2.45) is 5.73 Å². The number of benzene rings is 2. The number of anilines is 2. The van der Waals surface area contributed by atoms with Crippen LogP contribution in [0.5, 0.6) is 11.5 Å². The van der Waals surface area contributed by atoms with Crippen molar-refractivity contribution in [1.29, 1.82) is 0 Å². The van der Waals surface area contributed by atoms with Crippen molar-refractivity contribution >= 4 is 17.4 Å². The number of methoxy groups -OCH3 is 2. The zero-order chi connectivity index (χ0) is 21.3. The van der Waals surface area contributed by atoms with E-state index in [0.29, 0.717) is 35.1 Å². The highest BCUT2D eigenvalue weighted by atomic mass is 16.5. The van der Waals surface area contributed by atoms with Crippen molar-refractivity contribution in [3.8, 4) is 22.8 Å². The van der Waals surface area contributed by atoms with Crippen LogP contribution in [0.25, 0.3) is 11.3 Å². The number of nitrogens with two attached hydrogens (primary N) is 1. The maximum absolute atomic E-state index is 12.4. The number of amides is 1. The van der Waals surface area contributed by atoms with Gasteiger partial charge in [0.1, 0.15) is 17.1 Å². The maximum Gasteiger partial charge on any atom is 0.254 e. The summed E-state index contributed by atoms with van der Waals surface area (Å²) in [5.74, 6) is 1.26. The van der Waals surface area contributed by atoms with Gasteiger partial charge in [0.2, 0.25) is 0 Å². The Morgan fingerprint density at radius 3 is 2.67 bits per heavy atom. The Hall–Kier alpha value is -3.68. The van der Waals surface area contributed by atoms with Crippen LogP contribution >= 0.6 is 0 Å². The minimum Gasteiger partial charge on any atom is -0.493 e. The lowest BCUT2D eigenvalue weighted by molar-refractivity contribution is 0.100. The van der Waals surface area contributed by atoms with Gasteiger partial charge >= 0.3 is 0 Å². The molecule has 0 radical (unpaired) electrons. The maximum atomic E-state index is 12.4. The molecule has 0 saturated carbocycles. The zero-order valence-electron chi connectivity index (χ0n) is 17.2. The monoisotopic (exact) mass is 407 g/mol. The Morgan fingerprint density at radius 2 is 1.97 bits per heavy atom. The molecule has 30 heavy (non-hydrogen) atoms. The van der Waals surface area contributed by atoms with E-state index >= 15 is 0 Å². The van der Waals surface area contributed by atoms with Gasteiger partial charge < -0.3 is 25.8 Å². The van der Waals surface area contributed by atoms with E-state index in [-0.39, 0.29) is 6.04 Å². The smallest absolute Gasteiger partial charge is 0.254 e. The van der Waals surface area contributed by atoms with E-state index < -0.39 is 5.91 Å². The molecular formula is C22H25N5O3. The van der Waals surface area contributed by atoms with E-state index in [4.69, 9.17) is 20.3 Å². The SMILES string of the molecule is CNc1ccccc1C1CCNc2c(C(N)=O)c(-c3ccc(OC)c(OC)c3)nn21. The largest absolute Gasteiger partial charge is 0.493 e. The van der Waals surface area contributed by atoms with E-state index in [0.717, 1.165) is 23.2 Å². The van der Waals surface area contributed by atoms with Gasteiger partial charge in [-0.25, -0.2) is 4.68 Å². The molecule has 0 aliphatic carbocycles. The summed E-state index contributed by atoms with van der Waals surface area (Å²) in [7, 11) is 5.05. The number of rotatable bonds is 6. The number of fused-ring (bicyclic) bond motifs is 1. The third-order valence-electron chi connectivity index (χ3n) is 5.41. The summed E-state index contributed by atoms with van der Waals surface area (Å²) in [5, 5.41) is 11.4. The van der Waals surface area contributed by atoms with Gasteiger partial charge in [-0.1, -0.05) is 18.2 Å². The predicted molar refractivity (Wildman–Crippen MR) is 117 cm³/mol. The molecule has 1 aliphatic heterocycles. The summed E-state index contributed by atoms with van der Waals surface area (Å²) in [6.45, 7) is 0.708. The van der Waals surface area contributed by atoms with Crippen LogP contribution in [-0.2, 0) is 0 Å². The minimum absolute atomic E-state index is 0.0307. The van der Waals surface area contributed by atoms with Crippen LogP contribution in [0.1, 0.15) is 28.4 Å². The Labute approximate surface area is 175 Å². The van der Waals surface area contributed by atoms with Gasteiger partial charge in [-0.05, 0) is 36.2 Å². The molecule has 2 aromatic carbocycles. The summed E-state index contributed by atoms with van der Waals surface area (Å²) >= 11 is 0. The predicted octanol–water partition coefficient (Wildman–Crippen LogP) is 3.11. The topological polar surface area (TPSA) is 103 Å². The first-order valence-electron chi connectivity index (χ1n) is 9.74. The normalized spacial score (nSPS) is 15.1. The second-order valence-electron chi connectivity index (χ2n) is 7.02. The first kappa shape index (κ1) is 19.6. The second kappa shape index (κ2) is 7.98. The van der Waals surface area contributed by atoms with Crippen LogP contribution in [0.15, 0.2) is 42.5 Å². The van der Waals surface area contributed by atoms with E-state index in [1.807, 2.05) is 36.0 Å². The molecule has 1 atom stereocenters. The quantitative estimate of drug-likeness (QED) is 0.580. The van der Waals surface area contributed by atoms with Crippen LogP contribution in [0.4, 0.5) is 11.5 Å². The molecule has 1 aliphatic rings. The van der Waals surface area contributed by atoms with Gasteiger partial charge in [0.05, 0.1) is 20.3 Å². The fraction of sp³-hybridized carbons (Fsp3) is 0.273. The number of hydrogen-bond donors (Lipinski definition) is 3. The summed E-state index contributed by atoms with van der Waals surface area (Å²) in [6.07, 6.45) is 0.830. The number of primary amides is 1. The van der Waals surface area contributed by atoms with Crippen LogP contribution < -0.4 is 25.8 Å². The lowest BCUT2D eigenvalue weighted by Gasteiger charge is -2.27. The molecule has 8 nitrogen and oxygen atoms in total. The third kappa shape index (κ3) is 3.20. The summed E-state index contributed by atoms with van der Waals surface area (Å²) in [4.78, 5) is 12.4. The summed E-state index contributed by atoms with van der Waals surface area (Å²) < 4.78 is 12.6. The fourth-order valence-electron chi connectivity index (χ4n) is 4.00. The number of para-hydroxylation sites is 1. The van der Waals surface area contributed by atoms with Gasteiger partial charge in [0, 0.05) is 24.8 Å². The molecule has 1 aromatic heterocycles. The molecule has 3 aromatic rings. The fourth-order valence-corrected chi connectivity index (χ4v) is 4.00. The molecule has 0 fully saturated rings. The number of nitrogens with one attached hydrogen (secondary N) is 2. The number of aromatic nitrogens is 2. The van der Waals surface area contributed by atoms with E-state index in [1.54, 1.807) is 26.4 Å². The molecule has 4 rings (SSSR count). The van der Waals surface area contributed by atoms with Crippen LogP contribution in [0.2, 0.25) is 0 Å². The number of carbonyl (C=O) groups is 1. The molecule has 0 saturated heterocycles. The summed E-state index contributed by atoms with van der Waals surface area (Å²) in [5.41, 5.74) is 9.54. The van der Waals surface area contributed by atoms with Gasteiger partial charge in [0.25, 0.3) is 5.91 Å². The van der Waals surface area contributed by atoms with E-state index in [2.05, 4.69) is 16.7 Å². The second-order valence-corrected chi connectivity index (χ2v) is 7.02. The van der Waals surface area contributed by atoms with Crippen molar-refractivity contribution in [2.75, 3.05) is 38.4 Å². The molecule has 0 spiro atoms. The number of ether oxygens (including phenoxy) is 2. The number of carbonyl (C=O) groups excluding carboxylic acids is 1. The molecular weight excluding hydrogens is 382 g/mol. The van der Waals surface area contributed by atoms with Crippen molar-refractivity contribution in [1.82, 2.24) is 9.78 Å². The molecule has 2 heterocycles. The molecule has 4 N–H and O–H groups in total. The Bertz CT molecular complexity index is 1090. The van der Waals surface area contributed by atoms with Crippen molar-refractivity contribution in [3.05, 3.63) is 53.6 Å². The average molecular weight is 407 g/mol. The van der Waals surface area contributed by atoms with E-state index in [1.165, 1.54) is 0 Å². The molecule has 8 heteroatoms. The Morgan fingerprint density at radius 1 is 1.20 bits per heavy atom.